The van der Waals surface area contributed by atoms with Crippen LogP contribution in [-0.4, -0.2) is 126 Å². The number of Topliss-reactive ketones (excluding diaryl/α,β-unsaturated/α-hetero) is 3. The van der Waals surface area contributed by atoms with E-state index < -0.39 is 22.0 Å². The van der Waals surface area contributed by atoms with Gasteiger partial charge in [0.1, 0.15) is 39.4 Å². The van der Waals surface area contributed by atoms with Crippen LogP contribution in [0.15, 0.2) is 0 Å². The number of ether oxygens (including phenoxy) is 2. The molecule has 0 radical (unpaired) electrons. The predicted molar refractivity (Wildman–Crippen MR) is 270 cm³/mol. The summed E-state index contributed by atoms with van der Waals surface area (Å²) in [6.45, 7) is 28.0. The summed E-state index contributed by atoms with van der Waals surface area (Å²) < 4.78 is 10.8. The largest absolute Gasteiger partial charge is 0.444 e. The van der Waals surface area contributed by atoms with Gasteiger partial charge in [-0.25, -0.2) is 9.59 Å². The highest BCUT2D eigenvalue weighted by molar-refractivity contribution is 6.10. The van der Waals surface area contributed by atoms with E-state index in [9.17, 15) is 33.6 Å². The van der Waals surface area contributed by atoms with Crippen LogP contribution in [0.25, 0.3) is 0 Å². The van der Waals surface area contributed by atoms with Crippen molar-refractivity contribution in [3.63, 3.8) is 0 Å². The number of nitrogens with zero attached hydrogens (tertiary/aromatic N) is 2. The minimum atomic E-state index is -0.882. The molecule has 4 amide bonds. The van der Waals surface area contributed by atoms with Crippen LogP contribution in [0.5, 0.6) is 0 Å². The molecule has 9 fully saturated rings. The fraction of sp³-hybridized carbons (Fsp3) is 0.855. The smallest absolute Gasteiger partial charge is 0.410 e. The van der Waals surface area contributed by atoms with E-state index in [2.05, 4.69) is 57.5 Å². The molecule has 3 unspecified atom stereocenters. The van der Waals surface area contributed by atoms with E-state index in [1.54, 1.807) is 9.80 Å². The summed E-state index contributed by atoms with van der Waals surface area (Å²) in [5.41, 5.74) is 2.89. The summed E-state index contributed by atoms with van der Waals surface area (Å²) in [5.74, 6) is 2.46. The van der Waals surface area contributed by atoms with Crippen LogP contribution in [-0.2, 0) is 43.0 Å². The minimum Gasteiger partial charge on any atom is -0.444 e. The molecule has 6 aliphatic carbocycles. The molecule has 9 atom stereocenters. The van der Waals surface area contributed by atoms with E-state index in [4.69, 9.17) is 24.8 Å². The summed E-state index contributed by atoms with van der Waals surface area (Å²) in [7, 11) is 0. The van der Waals surface area contributed by atoms with Crippen molar-refractivity contribution in [1.82, 2.24) is 25.8 Å². The molecule has 17 heteroatoms. The summed E-state index contributed by atoms with van der Waals surface area (Å²) in [5, 5.41) is 9.43. The van der Waals surface area contributed by atoms with Crippen molar-refractivity contribution in [2.75, 3.05) is 39.3 Å². The van der Waals surface area contributed by atoms with Gasteiger partial charge in [0.2, 0.25) is 11.8 Å². The van der Waals surface area contributed by atoms with E-state index in [0.717, 1.165) is 77.3 Å². The summed E-state index contributed by atoms with van der Waals surface area (Å²) in [4.78, 5) is 106. The van der Waals surface area contributed by atoms with Crippen LogP contribution in [0, 0.1) is 50.7 Å². The fourth-order valence-corrected chi connectivity index (χ4v) is 14.1. The highest BCUT2D eigenvalue weighted by atomic mass is 16.6. The first-order chi connectivity index (χ1) is 33.4. The van der Waals surface area contributed by atoms with Gasteiger partial charge < -0.3 is 41.0 Å². The minimum absolute atomic E-state index is 0.0174. The standard InChI is InChI=1S/C20H32N2O4.C15H24N2O2.C10H20N2O2.C9H14O.CO2/c1-18(2,3)26-17(25)22-10-6-7-14(22)12-21-16(24)20-9-8-13(11-15(20)23)19(20,4)5;1-14(2)10-5-6-15(14,12(18)8-10)13(19)17-9-11-4-3-7-16-11;1-10(2,3)14-9(13)12-6-4-5-8(12)7-11;1-9(2)6-3-4-7(9)8(10)5-6;2-1-3/h13-14H,6-12H2,1-5H3,(H,21,24);10-11,16H,3-9H2,1-2H3,(H,17,19);8H,4-7,11H2,1-3H3;6-7H,3-5H2,1-2H3;/t13?,14-,20-;10?,11-,15-;8-;6?,7-;/m0000./s1. The second kappa shape index (κ2) is 22.7. The zero-order valence-electron chi connectivity index (χ0n) is 45.9. The van der Waals surface area contributed by atoms with Crippen molar-refractivity contribution >= 4 is 47.5 Å². The van der Waals surface area contributed by atoms with Crippen LogP contribution < -0.4 is 21.7 Å². The van der Waals surface area contributed by atoms with E-state index in [0.29, 0.717) is 86.4 Å². The Morgan fingerprint density at radius 3 is 1.43 bits per heavy atom. The normalized spacial score (nSPS) is 32.8. The lowest BCUT2D eigenvalue weighted by atomic mass is 9.68. The van der Waals surface area contributed by atoms with Gasteiger partial charge in [0.25, 0.3) is 0 Å². The number of nitrogens with one attached hydrogen (secondary N) is 3. The number of ketones is 3. The van der Waals surface area contributed by atoms with Gasteiger partial charge in [-0.1, -0.05) is 41.5 Å². The van der Waals surface area contributed by atoms with Crippen LogP contribution in [0.2, 0.25) is 0 Å². The summed E-state index contributed by atoms with van der Waals surface area (Å²) in [6.07, 6.45) is 13.6. The Hall–Kier alpha value is -4.21. The van der Waals surface area contributed by atoms with Gasteiger partial charge in [0.05, 0.1) is 6.04 Å². The van der Waals surface area contributed by atoms with Crippen LogP contribution in [0.3, 0.4) is 0 Å². The first-order valence-corrected chi connectivity index (χ1v) is 27.0. The maximum Gasteiger partial charge on any atom is 0.410 e. The van der Waals surface area contributed by atoms with Crippen LogP contribution in [0.4, 0.5) is 9.59 Å². The number of hydrogen-bond donors (Lipinski definition) is 4. The third-order valence-electron chi connectivity index (χ3n) is 18.6. The zero-order chi connectivity index (χ0) is 53.8. The number of rotatable bonds is 7. The predicted octanol–water partition coefficient (Wildman–Crippen LogP) is 6.92. The SMILES string of the molecule is CC(C)(C)OC(=O)N1CCC[C@H]1CN.CC(C)(C)OC(=O)N1CCC[C@H]1CNC(=O)[C@]12CCC(CC1=O)C2(C)C.CC1(C)C2CC[C@@]1(C(=O)NC[C@@H]1CCCN1)C(=O)C2.CC1(C)C2CC[C@H]1C(=O)C2.O=C=O. The molecule has 3 aliphatic heterocycles. The maximum atomic E-state index is 13.0. The van der Waals surface area contributed by atoms with Crippen molar-refractivity contribution in [1.29, 1.82) is 0 Å². The number of fused-ring (bicyclic) bond motifs is 6. The van der Waals surface area contributed by atoms with Gasteiger partial charge >= 0.3 is 18.3 Å². The monoisotopic (exact) mass is 1010 g/mol. The summed E-state index contributed by atoms with van der Waals surface area (Å²) in [6, 6.07) is 0.490. The molecular weight excluding hydrogens is 921 g/mol. The van der Waals surface area contributed by atoms with Gasteiger partial charge in [-0.05, 0) is 159 Å². The first kappa shape index (κ1) is 58.7. The molecule has 6 saturated carbocycles. The second-order valence-electron chi connectivity index (χ2n) is 25.8. The van der Waals surface area contributed by atoms with Gasteiger partial charge in [0, 0.05) is 70.0 Å². The summed E-state index contributed by atoms with van der Waals surface area (Å²) >= 11 is 0. The van der Waals surface area contributed by atoms with Gasteiger partial charge in [-0.2, -0.15) is 9.59 Å². The number of carbonyl (C=O) groups excluding carboxylic acids is 9. The van der Waals surface area contributed by atoms with E-state index in [1.807, 2.05) is 41.5 Å². The molecule has 5 N–H and O–H groups in total. The van der Waals surface area contributed by atoms with Gasteiger partial charge in [-0.15, -0.1) is 0 Å². The molecule has 9 aliphatic rings. The average molecular weight is 1010 g/mol. The Morgan fingerprint density at radius 2 is 1.10 bits per heavy atom. The Bertz CT molecular complexity index is 2050. The van der Waals surface area contributed by atoms with Crippen molar-refractivity contribution in [3.8, 4) is 0 Å². The molecule has 9 rings (SSSR count). The van der Waals surface area contributed by atoms with Crippen LogP contribution in [0.1, 0.15) is 179 Å². The quantitative estimate of drug-likeness (QED) is 0.190. The molecule has 3 heterocycles. The average Bonchev–Trinajstić information content (AvgIpc) is 4.18. The Kier molecular flexibility index (Phi) is 18.5. The van der Waals surface area contributed by atoms with Gasteiger partial charge in [-0.3, -0.25) is 24.0 Å². The maximum absolute atomic E-state index is 13.0. The van der Waals surface area contributed by atoms with Crippen LogP contribution >= 0.6 is 0 Å². The molecular formula is C55H90N6O11. The topological polar surface area (TPSA) is 241 Å². The molecule has 0 spiro atoms. The van der Waals surface area contributed by atoms with Crippen molar-refractivity contribution < 1.29 is 52.6 Å². The van der Waals surface area contributed by atoms with Crippen molar-refractivity contribution in [2.45, 2.75) is 209 Å². The molecule has 0 aromatic heterocycles. The Labute approximate surface area is 429 Å². The van der Waals surface area contributed by atoms with Crippen molar-refractivity contribution in [3.05, 3.63) is 0 Å². The lowest BCUT2D eigenvalue weighted by molar-refractivity contribution is -0.192. The number of hydrogen-bond acceptors (Lipinski definition) is 13. The molecule has 406 valence electrons. The number of carbonyl (C=O) groups is 7. The highest BCUT2D eigenvalue weighted by Crippen LogP contribution is 2.65. The lowest BCUT2D eigenvalue weighted by Crippen LogP contribution is -2.53. The second-order valence-corrected chi connectivity index (χ2v) is 25.8. The third-order valence-corrected chi connectivity index (χ3v) is 18.6. The van der Waals surface area contributed by atoms with E-state index in [-0.39, 0.29) is 64.6 Å². The van der Waals surface area contributed by atoms with E-state index >= 15 is 0 Å². The molecule has 3 saturated heterocycles. The molecule has 72 heavy (non-hydrogen) atoms. The fourth-order valence-electron chi connectivity index (χ4n) is 14.1. The molecule has 17 nitrogen and oxygen atoms in total. The lowest BCUT2D eigenvalue weighted by Gasteiger charge is -2.35. The molecule has 6 bridgehead atoms. The van der Waals surface area contributed by atoms with Gasteiger partial charge in [0.15, 0.2) is 0 Å². The molecule has 0 aromatic rings. The zero-order valence-corrected chi connectivity index (χ0v) is 45.9. The highest BCUT2D eigenvalue weighted by Gasteiger charge is 2.69. The first-order valence-electron chi connectivity index (χ1n) is 27.0. The number of amides is 4. The Morgan fingerprint density at radius 1 is 0.639 bits per heavy atom. The number of nitrogens with two attached hydrogens (primary N) is 1. The van der Waals surface area contributed by atoms with E-state index in [1.165, 1.54) is 12.8 Å². The number of likely N-dealkylation sites (tertiary alicyclic amines) is 2. The molecule has 0 aromatic carbocycles. The Balaban J connectivity index is 0.000000184. The van der Waals surface area contributed by atoms with Crippen molar-refractivity contribution in [2.24, 2.45) is 56.5 Å². The third kappa shape index (κ3) is 12.0.